The van der Waals surface area contributed by atoms with Crippen LogP contribution in [0.1, 0.15) is 19.3 Å². The lowest BCUT2D eigenvalue weighted by Crippen LogP contribution is -2.21. The lowest BCUT2D eigenvalue weighted by atomic mass is 10.3. The van der Waals surface area contributed by atoms with E-state index in [2.05, 4.69) is 12.1 Å². The highest BCUT2D eigenvalue weighted by Gasteiger charge is 2.36. The van der Waals surface area contributed by atoms with Crippen molar-refractivity contribution in [1.29, 1.82) is 0 Å². The lowest BCUT2D eigenvalue weighted by Gasteiger charge is -2.12. The van der Waals surface area contributed by atoms with E-state index in [1.807, 2.05) is 0 Å². The third-order valence-electron chi connectivity index (χ3n) is 2.74. The molecule has 0 aromatic heterocycles. The maximum absolute atomic E-state index is 10.7. The molecular formula is C12H15F3O4S2. The number of halogens is 3. The molecule has 0 amide bonds. The number of benzene rings is 1. The number of phenolic OH excluding ortho intramolecular Hbond substituents is 1. The highest BCUT2D eigenvalue weighted by molar-refractivity contribution is 7.96. The van der Waals surface area contributed by atoms with Gasteiger partial charge in [-0.25, -0.2) is 8.42 Å². The van der Waals surface area contributed by atoms with E-state index < -0.39 is 15.6 Å². The highest BCUT2D eigenvalue weighted by atomic mass is 32.2. The Morgan fingerprint density at radius 1 is 1.05 bits per heavy atom. The van der Waals surface area contributed by atoms with Crippen LogP contribution in [0.15, 0.2) is 29.2 Å². The van der Waals surface area contributed by atoms with Crippen LogP contribution in [0.25, 0.3) is 0 Å². The first-order valence-electron chi connectivity index (χ1n) is 6.10. The van der Waals surface area contributed by atoms with Gasteiger partial charge in [0.1, 0.15) is 17.3 Å². The third-order valence-corrected chi connectivity index (χ3v) is 5.80. The van der Waals surface area contributed by atoms with Crippen molar-refractivity contribution in [1.82, 2.24) is 0 Å². The molecule has 1 aliphatic heterocycles. The predicted molar refractivity (Wildman–Crippen MR) is 73.1 cm³/mol. The van der Waals surface area contributed by atoms with Gasteiger partial charge in [0.2, 0.25) is 0 Å². The second kappa shape index (κ2) is 7.37. The number of alkyl halides is 3. The van der Waals surface area contributed by atoms with Gasteiger partial charge < -0.3 is 9.66 Å². The first kappa shape index (κ1) is 18.1. The first-order chi connectivity index (χ1) is 9.61. The Balaban J connectivity index is 0.000000240. The number of hydrogen-bond donors (Lipinski definition) is 1. The minimum atomic E-state index is -6.09. The van der Waals surface area contributed by atoms with Crippen molar-refractivity contribution in [2.24, 2.45) is 0 Å². The lowest BCUT2D eigenvalue weighted by molar-refractivity contribution is -0.0517. The molecule has 4 nitrogen and oxygen atoms in total. The quantitative estimate of drug-likeness (QED) is 0.483. The molecular weight excluding hydrogens is 329 g/mol. The molecule has 0 unspecified atom stereocenters. The van der Waals surface area contributed by atoms with Crippen molar-refractivity contribution in [2.45, 2.75) is 29.7 Å². The zero-order chi connectivity index (χ0) is 16.1. The molecule has 0 bridgehead atoms. The molecule has 1 fully saturated rings. The molecule has 1 aliphatic rings. The topological polar surface area (TPSA) is 77.4 Å². The Labute approximate surface area is 124 Å². The molecule has 0 spiro atoms. The van der Waals surface area contributed by atoms with E-state index in [0.717, 1.165) is 0 Å². The second-order valence-electron chi connectivity index (χ2n) is 4.36. The largest absolute Gasteiger partial charge is 0.741 e. The van der Waals surface area contributed by atoms with Gasteiger partial charge in [0.25, 0.3) is 0 Å². The van der Waals surface area contributed by atoms with Gasteiger partial charge >= 0.3 is 5.51 Å². The van der Waals surface area contributed by atoms with Crippen LogP contribution in [0.5, 0.6) is 5.75 Å². The SMILES string of the molecule is O=S(=O)([O-])C(F)(F)F.Oc1ccc([S+]2CCCCC2)cc1. The zero-order valence-corrected chi connectivity index (χ0v) is 12.6. The van der Waals surface area contributed by atoms with Crippen molar-refractivity contribution >= 4 is 21.0 Å². The van der Waals surface area contributed by atoms with Gasteiger partial charge in [-0.2, -0.15) is 13.2 Å². The van der Waals surface area contributed by atoms with Crippen LogP contribution in [0.3, 0.4) is 0 Å². The fourth-order valence-corrected chi connectivity index (χ4v) is 4.01. The highest BCUT2D eigenvalue weighted by Crippen LogP contribution is 2.23. The van der Waals surface area contributed by atoms with Crippen molar-refractivity contribution in [2.75, 3.05) is 11.5 Å². The van der Waals surface area contributed by atoms with Crippen molar-refractivity contribution in [3.63, 3.8) is 0 Å². The van der Waals surface area contributed by atoms with Gasteiger partial charge in [-0.1, -0.05) is 0 Å². The molecule has 1 aromatic carbocycles. The minimum Gasteiger partial charge on any atom is -0.741 e. The van der Waals surface area contributed by atoms with Crippen LogP contribution in [-0.2, 0) is 21.0 Å². The summed E-state index contributed by atoms with van der Waals surface area (Å²) in [7, 11) is -5.62. The predicted octanol–water partition coefficient (Wildman–Crippen LogP) is 2.60. The number of hydrogen-bond acceptors (Lipinski definition) is 4. The van der Waals surface area contributed by atoms with Gasteiger partial charge in [0, 0.05) is 10.9 Å². The maximum Gasteiger partial charge on any atom is 0.485 e. The van der Waals surface area contributed by atoms with Gasteiger partial charge in [-0.15, -0.1) is 0 Å². The van der Waals surface area contributed by atoms with Crippen molar-refractivity contribution in [3.05, 3.63) is 24.3 Å². The third kappa shape index (κ3) is 6.15. The van der Waals surface area contributed by atoms with Crippen LogP contribution in [-0.4, -0.2) is 35.1 Å². The second-order valence-corrected chi connectivity index (χ2v) is 8.00. The van der Waals surface area contributed by atoms with E-state index in [1.165, 1.54) is 35.7 Å². The molecule has 1 heterocycles. The van der Waals surface area contributed by atoms with Crippen molar-refractivity contribution in [3.8, 4) is 5.75 Å². The number of rotatable bonds is 1. The Hall–Kier alpha value is -0.930. The summed E-state index contributed by atoms with van der Waals surface area (Å²) in [4.78, 5) is 1.43. The maximum atomic E-state index is 10.7. The molecule has 0 atom stereocenters. The van der Waals surface area contributed by atoms with Gasteiger partial charge in [0.15, 0.2) is 15.0 Å². The van der Waals surface area contributed by atoms with E-state index in [-0.39, 0.29) is 0 Å². The molecule has 1 N–H and O–H groups in total. The standard InChI is InChI=1S/C11H14OS.CHF3O3S/c12-10-4-6-11(7-5-10)13-8-2-1-3-9-13;2-1(3,4)8(5,6)7/h4-7H,1-3,8-9H2;(H,5,6,7). The first-order valence-corrected chi connectivity index (χ1v) is 9.07. The summed E-state index contributed by atoms with van der Waals surface area (Å²) in [5.74, 6) is 3.08. The summed E-state index contributed by atoms with van der Waals surface area (Å²) in [5.41, 5.74) is -5.65. The van der Waals surface area contributed by atoms with Crippen molar-refractivity contribution < 1.29 is 31.2 Å². The Morgan fingerprint density at radius 2 is 1.48 bits per heavy atom. The summed E-state index contributed by atoms with van der Waals surface area (Å²) in [6.45, 7) is 0. The Kier molecular flexibility index (Phi) is 6.36. The van der Waals surface area contributed by atoms with E-state index in [0.29, 0.717) is 16.6 Å². The minimum absolute atomic E-state index is 0.379. The van der Waals surface area contributed by atoms with Crippen LogP contribution >= 0.6 is 0 Å². The van der Waals surface area contributed by atoms with Crippen LogP contribution < -0.4 is 0 Å². The van der Waals surface area contributed by atoms with E-state index >= 15 is 0 Å². The fourth-order valence-electron chi connectivity index (χ4n) is 1.71. The number of aromatic hydroxyl groups is 1. The van der Waals surface area contributed by atoms with Gasteiger partial charge in [-0.05, 0) is 43.5 Å². The van der Waals surface area contributed by atoms with E-state index in [9.17, 15) is 13.2 Å². The summed E-state index contributed by atoms with van der Waals surface area (Å²) < 4.78 is 58.9. The molecule has 0 radical (unpaired) electrons. The van der Waals surface area contributed by atoms with Crippen LogP contribution in [0, 0.1) is 0 Å². The van der Waals surface area contributed by atoms with E-state index in [1.54, 1.807) is 12.1 Å². The molecule has 2 rings (SSSR count). The molecule has 9 heteroatoms. The summed E-state index contributed by atoms with van der Waals surface area (Å²) >= 11 is 0. The van der Waals surface area contributed by atoms with Gasteiger partial charge in [-0.3, -0.25) is 0 Å². The monoisotopic (exact) mass is 344 g/mol. The summed E-state index contributed by atoms with van der Waals surface area (Å²) in [5, 5.41) is 9.16. The zero-order valence-electron chi connectivity index (χ0n) is 11.0. The van der Waals surface area contributed by atoms with Gasteiger partial charge in [0.05, 0.1) is 0 Å². The normalized spacial score (nSPS) is 17.0. The Morgan fingerprint density at radius 3 is 1.86 bits per heavy atom. The number of phenols is 1. The molecule has 1 saturated heterocycles. The molecule has 120 valence electrons. The molecule has 21 heavy (non-hydrogen) atoms. The summed E-state index contributed by atoms with van der Waals surface area (Å²) in [6.07, 6.45) is 4.16. The van der Waals surface area contributed by atoms with Crippen LogP contribution in [0.2, 0.25) is 0 Å². The summed E-state index contributed by atoms with van der Waals surface area (Å²) in [6, 6.07) is 7.75. The Bertz CT molecular complexity index is 535. The average molecular weight is 344 g/mol. The molecule has 0 aliphatic carbocycles. The van der Waals surface area contributed by atoms with Crippen LogP contribution in [0.4, 0.5) is 13.2 Å². The molecule has 0 saturated carbocycles. The smallest absolute Gasteiger partial charge is 0.485 e. The average Bonchev–Trinajstić information content (AvgIpc) is 2.39. The fraction of sp³-hybridized carbons (Fsp3) is 0.500. The molecule has 1 aromatic rings. The van der Waals surface area contributed by atoms with E-state index in [4.69, 9.17) is 18.1 Å².